The molecule has 25 heavy (non-hydrogen) atoms. The highest BCUT2D eigenvalue weighted by atomic mass is 16.8. The van der Waals surface area contributed by atoms with E-state index in [1.54, 1.807) is 6.08 Å². The van der Waals surface area contributed by atoms with E-state index in [9.17, 15) is 10.5 Å². The SMILES string of the molecule is COC1(OC)[C@H](C=Cc2ccc(C)cc2)C(C#N)(C#N)C1(OC)OC. The van der Waals surface area contributed by atoms with Gasteiger partial charge in [-0.05, 0) is 12.5 Å². The predicted octanol–water partition coefficient (Wildman–Crippen LogP) is 2.65. The van der Waals surface area contributed by atoms with E-state index in [4.69, 9.17) is 18.9 Å². The molecule has 0 aliphatic heterocycles. The normalized spacial score (nSPS) is 22.8. The number of ether oxygens (including phenoxy) is 4. The highest BCUT2D eigenvalue weighted by Gasteiger charge is 2.85. The van der Waals surface area contributed by atoms with Gasteiger partial charge in [0.05, 0.1) is 18.1 Å². The van der Waals surface area contributed by atoms with Crippen LogP contribution in [0.15, 0.2) is 30.3 Å². The predicted molar refractivity (Wildman–Crippen MR) is 90.9 cm³/mol. The van der Waals surface area contributed by atoms with Crippen molar-refractivity contribution in [3.05, 3.63) is 41.5 Å². The highest BCUT2D eigenvalue weighted by molar-refractivity contribution is 5.53. The van der Waals surface area contributed by atoms with Crippen molar-refractivity contribution in [3.8, 4) is 12.1 Å². The first kappa shape index (κ1) is 19.1. The molecule has 1 aromatic rings. The topological polar surface area (TPSA) is 84.5 Å². The number of benzene rings is 1. The molecule has 0 radical (unpaired) electrons. The van der Waals surface area contributed by atoms with Crippen LogP contribution in [0.4, 0.5) is 0 Å². The second-order valence-corrected chi connectivity index (χ2v) is 5.88. The maximum absolute atomic E-state index is 9.78. The smallest absolute Gasteiger partial charge is 0.257 e. The van der Waals surface area contributed by atoms with Gasteiger partial charge in [0.1, 0.15) is 0 Å². The van der Waals surface area contributed by atoms with Gasteiger partial charge >= 0.3 is 0 Å². The summed E-state index contributed by atoms with van der Waals surface area (Å²) in [7, 11) is 5.59. The molecule has 1 aromatic carbocycles. The van der Waals surface area contributed by atoms with Gasteiger partial charge in [0.25, 0.3) is 5.79 Å². The lowest BCUT2D eigenvalue weighted by Crippen LogP contribution is -2.83. The number of hydrogen-bond acceptors (Lipinski definition) is 6. The van der Waals surface area contributed by atoms with Crippen LogP contribution >= 0.6 is 0 Å². The van der Waals surface area contributed by atoms with Crippen LogP contribution in [0.2, 0.25) is 0 Å². The zero-order valence-electron chi connectivity index (χ0n) is 15.1. The zero-order chi connectivity index (χ0) is 18.7. The van der Waals surface area contributed by atoms with Gasteiger partial charge in [-0.1, -0.05) is 42.0 Å². The quantitative estimate of drug-likeness (QED) is 0.739. The minimum Gasteiger partial charge on any atom is -0.348 e. The van der Waals surface area contributed by atoms with E-state index in [0.717, 1.165) is 11.1 Å². The van der Waals surface area contributed by atoms with Crippen LogP contribution in [0.3, 0.4) is 0 Å². The number of aryl methyl sites for hydroxylation is 1. The van der Waals surface area contributed by atoms with Gasteiger partial charge in [-0.3, -0.25) is 0 Å². The molecule has 0 bridgehead atoms. The fourth-order valence-corrected chi connectivity index (χ4v) is 3.65. The molecule has 1 fully saturated rings. The van der Waals surface area contributed by atoms with Crippen molar-refractivity contribution in [2.75, 3.05) is 28.4 Å². The van der Waals surface area contributed by atoms with Crippen molar-refractivity contribution < 1.29 is 18.9 Å². The van der Waals surface area contributed by atoms with E-state index in [0.29, 0.717) is 0 Å². The second-order valence-electron chi connectivity index (χ2n) is 5.88. The molecule has 1 aliphatic carbocycles. The third-order valence-electron chi connectivity index (χ3n) is 4.95. The summed E-state index contributed by atoms with van der Waals surface area (Å²) in [5, 5.41) is 19.6. The van der Waals surface area contributed by atoms with Crippen LogP contribution < -0.4 is 0 Å². The molecule has 1 saturated carbocycles. The van der Waals surface area contributed by atoms with Gasteiger partial charge in [0, 0.05) is 28.4 Å². The molecule has 0 spiro atoms. The van der Waals surface area contributed by atoms with E-state index in [1.165, 1.54) is 28.4 Å². The molecule has 0 aromatic heterocycles. The van der Waals surface area contributed by atoms with Gasteiger partial charge in [-0.15, -0.1) is 0 Å². The zero-order valence-corrected chi connectivity index (χ0v) is 15.1. The van der Waals surface area contributed by atoms with Gasteiger partial charge < -0.3 is 18.9 Å². The van der Waals surface area contributed by atoms with E-state index >= 15 is 0 Å². The maximum Gasteiger partial charge on any atom is 0.257 e. The van der Waals surface area contributed by atoms with Crippen LogP contribution in [0.1, 0.15) is 11.1 Å². The first-order valence-corrected chi connectivity index (χ1v) is 7.75. The van der Waals surface area contributed by atoms with Crippen molar-refractivity contribution in [3.63, 3.8) is 0 Å². The summed E-state index contributed by atoms with van der Waals surface area (Å²) in [6.07, 6.45) is 3.57. The summed E-state index contributed by atoms with van der Waals surface area (Å²) in [5.41, 5.74) is 0.456. The third-order valence-corrected chi connectivity index (χ3v) is 4.95. The molecule has 0 saturated heterocycles. The Balaban J connectivity index is 2.55. The maximum atomic E-state index is 9.78. The average molecular weight is 342 g/mol. The summed E-state index contributed by atoms with van der Waals surface area (Å²) in [5.74, 6) is -3.82. The van der Waals surface area contributed by atoms with Crippen molar-refractivity contribution >= 4 is 6.08 Å². The second kappa shape index (κ2) is 6.95. The summed E-state index contributed by atoms with van der Waals surface area (Å²) >= 11 is 0. The Morgan fingerprint density at radius 2 is 1.44 bits per heavy atom. The molecule has 6 heteroatoms. The molecule has 0 N–H and O–H groups in total. The summed E-state index contributed by atoms with van der Waals surface area (Å²) in [6.45, 7) is 2.00. The van der Waals surface area contributed by atoms with E-state index in [2.05, 4.69) is 12.1 Å². The molecule has 1 atom stereocenters. The van der Waals surface area contributed by atoms with Gasteiger partial charge in [-0.25, -0.2) is 0 Å². The average Bonchev–Trinajstić information content (AvgIpc) is 2.64. The van der Waals surface area contributed by atoms with Crippen LogP contribution in [-0.4, -0.2) is 40.0 Å². The number of nitrogens with zero attached hydrogens (tertiary/aromatic N) is 2. The van der Waals surface area contributed by atoms with Crippen molar-refractivity contribution in [1.29, 1.82) is 10.5 Å². The Labute approximate surface area is 148 Å². The van der Waals surface area contributed by atoms with E-state index < -0.39 is 22.9 Å². The standard InChI is InChI=1S/C19H22N2O4/c1-14-6-8-15(9-7-14)10-11-16-17(12-20,13-21)19(24-4,25-5)18(16,22-2)23-3/h6-11,16H,1-5H3/t16-/m1/s1. The largest absolute Gasteiger partial charge is 0.348 e. The molecule has 132 valence electrons. The summed E-state index contributed by atoms with van der Waals surface area (Å²) in [6, 6.07) is 12.0. The Morgan fingerprint density at radius 3 is 1.84 bits per heavy atom. The molecule has 6 nitrogen and oxygen atoms in total. The molecule has 0 heterocycles. The van der Waals surface area contributed by atoms with Gasteiger partial charge in [-0.2, -0.15) is 10.5 Å². The number of rotatable bonds is 6. The number of methoxy groups -OCH3 is 4. The first-order chi connectivity index (χ1) is 12.0. The van der Waals surface area contributed by atoms with Crippen molar-refractivity contribution in [2.45, 2.75) is 18.5 Å². The van der Waals surface area contributed by atoms with Crippen molar-refractivity contribution in [1.82, 2.24) is 0 Å². The Hall–Kier alpha value is -2.22. The third kappa shape index (κ3) is 2.31. The highest BCUT2D eigenvalue weighted by Crippen LogP contribution is 2.65. The van der Waals surface area contributed by atoms with E-state index in [-0.39, 0.29) is 0 Å². The minimum atomic E-state index is -1.67. The fourth-order valence-electron chi connectivity index (χ4n) is 3.65. The molecule has 0 unspecified atom stereocenters. The lowest BCUT2D eigenvalue weighted by molar-refractivity contribution is -0.489. The monoisotopic (exact) mass is 342 g/mol. The van der Waals surface area contributed by atoms with Crippen LogP contribution in [0.5, 0.6) is 0 Å². The van der Waals surface area contributed by atoms with Gasteiger partial charge in [0.15, 0.2) is 0 Å². The minimum absolute atomic E-state index is 0.716. The molecule has 0 amide bonds. The first-order valence-electron chi connectivity index (χ1n) is 7.75. The molecule has 1 aliphatic rings. The lowest BCUT2D eigenvalue weighted by Gasteiger charge is -2.64. The number of nitriles is 2. The van der Waals surface area contributed by atoms with E-state index in [1.807, 2.05) is 37.3 Å². The van der Waals surface area contributed by atoms with Gasteiger partial charge in [0.2, 0.25) is 11.2 Å². The fraction of sp³-hybridized carbons (Fsp3) is 0.474. The Bertz CT molecular complexity index is 705. The molecular weight excluding hydrogens is 320 g/mol. The Kier molecular flexibility index (Phi) is 5.31. The number of hydrogen-bond donors (Lipinski definition) is 0. The summed E-state index contributed by atoms with van der Waals surface area (Å²) in [4.78, 5) is 0. The van der Waals surface area contributed by atoms with Crippen LogP contribution in [-0.2, 0) is 18.9 Å². The van der Waals surface area contributed by atoms with Crippen molar-refractivity contribution in [2.24, 2.45) is 11.3 Å². The lowest BCUT2D eigenvalue weighted by atomic mass is 9.51. The summed E-state index contributed by atoms with van der Waals surface area (Å²) < 4.78 is 22.1. The molecular formula is C19H22N2O4. The van der Waals surface area contributed by atoms with Crippen LogP contribution in [0, 0.1) is 40.9 Å². The Morgan fingerprint density at radius 1 is 0.920 bits per heavy atom. The van der Waals surface area contributed by atoms with Crippen LogP contribution in [0.25, 0.3) is 6.08 Å². The molecule has 2 rings (SSSR count).